The molecule has 1 aromatic rings. The van der Waals surface area contributed by atoms with E-state index in [0.717, 1.165) is 18.7 Å². The van der Waals surface area contributed by atoms with Crippen molar-refractivity contribution in [1.29, 1.82) is 0 Å². The maximum Gasteiger partial charge on any atom is 0.157 e. The third kappa shape index (κ3) is 9.50. The molecular formula is C20H37N3O6. The van der Waals surface area contributed by atoms with Gasteiger partial charge in [0.1, 0.15) is 11.8 Å². The minimum atomic E-state index is -0.526. The van der Waals surface area contributed by atoms with Crippen molar-refractivity contribution in [3.05, 3.63) is 11.9 Å². The maximum atomic E-state index is 10.1. The van der Waals surface area contributed by atoms with Crippen LogP contribution in [0.3, 0.4) is 0 Å². The summed E-state index contributed by atoms with van der Waals surface area (Å²) in [4.78, 5) is 0. The highest BCUT2D eigenvalue weighted by Crippen LogP contribution is 2.21. The van der Waals surface area contributed by atoms with Crippen molar-refractivity contribution < 1.29 is 28.8 Å². The van der Waals surface area contributed by atoms with E-state index in [4.69, 9.17) is 23.7 Å². The van der Waals surface area contributed by atoms with Gasteiger partial charge >= 0.3 is 0 Å². The summed E-state index contributed by atoms with van der Waals surface area (Å²) in [5.41, 5.74) is 0.729. The van der Waals surface area contributed by atoms with Crippen LogP contribution in [0.1, 0.15) is 45.2 Å². The number of methoxy groups -OCH3 is 1. The number of hydrogen-bond acceptors (Lipinski definition) is 8. The Balaban J connectivity index is 1.51. The first-order chi connectivity index (χ1) is 14.1. The highest BCUT2D eigenvalue weighted by molar-refractivity contribution is 4.90. The van der Waals surface area contributed by atoms with Crippen LogP contribution in [-0.4, -0.2) is 78.7 Å². The van der Waals surface area contributed by atoms with Gasteiger partial charge in [0.15, 0.2) is 6.29 Å². The van der Waals surface area contributed by atoms with Crippen molar-refractivity contribution in [3.8, 4) is 0 Å². The Hall–Kier alpha value is -1.10. The zero-order valence-electron chi connectivity index (χ0n) is 18.0. The first-order valence-electron chi connectivity index (χ1n) is 10.6. The number of ether oxygens (including phenoxy) is 5. The van der Waals surface area contributed by atoms with Gasteiger partial charge in [-0.15, -0.1) is 5.10 Å². The van der Waals surface area contributed by atoms with Crippen molar-refractivity contribution in [3.63, 3.8) is 0 Å². The van der Waals surface area contributed by atoms with Gasteiger partial charge in [0, 0.05) is 20.1 Å². The van der Waals surface area contributed by atoms with E-state index in [1.54, 1.807) is 18.0 Å². The predicted molar refractivity (Wildman–Crippen MR) is 106 cm³/mol. The molecule has 2 heterocycles. The van der Waals surface area contributed by atoms with E-state index in [-0.39, 0.29) is 12.4 Å². The van der Waals surface area contributed by atoms with Gasteiger partial charge in [0.05, 0.1) is 51.9 Å². The van der Waals surface area contributed by atoms with E-state index in [1.165, 1.54) is 6.42 Å². The van der Waals surface area contributed by atoms with E-state index >= 15 is 0 Å². The van der Waals surface area contributed by atoms with Crippen molar-refractivity contribution >= 4 is 0 Å². The van der Waals surface area contributed by atoms with Crippen LogP contribution in [-0.2, 0) is 36.8 Å². The summed E-state index contributed by atoms with van der Waals surface area (Å²) < 4.78 is 29.2. The highest BCUT2D eigenvalue weighted by atomic mass is 16.7. The van der Waals surface area contributed by atoms with Crippen molar-refractivity contribution in [2.45, 2.75) is 71.2 Å². The minimum absolute atomic E-state index is 0.278. The molecule has 2 unspecified atom stereocenters. The van der Waals surface area contributed by atoms with E-state index in [2.05, 4.69) is 24.2 Å². The van der Waals surface area contributed by atoms with E-state index in [0.29, 0.717) is 58.3 Å². The summed E-state index contributed by atoms with van der Waals surface area (Å²) in [6.45, 7) is 8.21. The van der Waals surface area contributed by atoms with Gasteiger partial charge < -0.3 is 28.8 Å². The number of rotatable bonds is 15. The molecule has 0 aromatic carbocycles. The maximum absolute atomic E-state index is 10.1. The van der Waals surface area contributed by atoms with Gasteiger partial charge in [0.25, 0.3) is 0 Å². The van der Waals surface area contributed by atoms with E-state index in [1.807, 2.05) is 0 Å². The summed E-state index contributed by atoms with van der Waals surface area (Å²) in [5.74, 6) is 0.713. The molecule has 0 saturated carbocycles. The zero-order valence-corrected chi connectivity index (χ0v) is 18.0. The van der Waals surface area contributed by atoms with Gasteiger partial charge in [-0.1, -0.05) is 25.5 Å². The lowest BCUT2D eigenvalue weighted by molar-refractivity contribution is -0.215. The van der Waals surface area contributed by atoms with Crippen molar-refractivity contribution in [2.24, 2.45) is 5.92 Å². The normalized spacial score (nSPS) is 23.4. The van der Waals surface area contributed by atoms with Crippen molar-refractivity contribution in [1.82, 2.24) is 15.0 Å². The van der Waals surface area contributed by atoms with Crippen LogP contribution in [0, 0.1) is 5.92 Å². The zero-order chi connectivity index (χ0) is 20.9. The third-order valence-corrected chi connectivity index (χ3v) is 5.12. The second-order valence-corrected chi connectivity index (χ2v) is 7.50. The SMILES string of the molecule is CCC(C)CCOCCOCCOCc1cn(CC2O[C@H](OC)CC[C@@H]2O)nn1. The van der Waals surface area contributed by atoms with Gasteiger partial charge in [-0.2, -0.15) is 0 Å². The second-order valence-electron chi connectivity index (χ2n) is 7.50. The molecule has 2 rings (SSSR count). The third-order valence-electron chi connectivity index (χ3n) is 5.12. The molecular weight excluding hydrogens is 378 g/mol. The lowest BCUT2D eigenvalue weighted by Crippen LogP contribution is -2.42. The molecule has 1 aliphatic rings. The number of aliphatic hydroxyl groups excluding tert-OH is 1. The van der Waals surface area contributed by atoms with Crippen LogP contribution in [0.2, 0.25) is 0 Å². The second kappa shape index (κ2) is 14.0. The van der Waals surface area contributed by atoms with Crippen LogP contribution in [0.25, 0.3) is 0 Å². The predicted octanol–water partition coefficient (Wildman–Crippen LogP) is 1.78. The summed E-state index contributed by atoms with van der Waals surface area (Å²) in [5, 5.41) is 18.3. The lowest BCUT2D eigenvalue weighted by atomic mass is 10.0. The fourth-order valence-corrected chi connectivity index (χ4v) is 2.97. The molecule has 0 bridgehead atoms. The quantitative estimate of drug-likeness (QED) is 0.433. The molecule has 29 heavy (non-hydrogen) atoms. The number of aromatic nitrogens is 3. The highest BCUT2D eigenvalue weighted by Gasteiger charge is 2.30. The summed E-state index contributed by atoms with van der Waals surface area (Å²) in [7, 11) is 1.61. The van der Waals surface area contributed by atoms with Gasteiger partial charge in [-0.05, 0) is 18.8 Å². The fraction of sp³-hybridized carbons (Fsp3) is 0.900. The molecule has 0 spiro atoms. The Kier molecular flexibility index (Phi) is 11.7. The largest absolute Gasteiger partial charge is 0.390 e. The molecule has 1 aliphatic heterocycles. The number of nitrogens with zero attached hydrogens (tertiary/aromatic N) is 3. The molecule has 4 atom stereocenters. The van der Waals surface area contributed by atoms with Crippen LogP contribution in [0.15, 0.2) is 6.20 Å². The average Bonchev–Trinajstić information content (AvgIpc) is 3.18. The molecule has 1 fully saturated rings. The smallest absolute Gasteiger partial charge is 0.157 e. The monoisotopic (exact) mass is 415 g/mol. The molecule has 1 N–H and O–H groups in total. The Morgan fingerprint density at radius 3 is 2.62 bits per heavy atom. The Labute approximate surface area is 173 Å². The molecule has 1 saturated heterocycles. The van der Waals surface area contributed by atoms with Crippen LogP contribution >= 0.6 is 0 Å². The molecule has 0 amide bonds. The summed E-state index contributed by atoms with van der Waals surface area (Å²) in [6, 6.07) is 0. The van der Waals surface area contributed by atoms with Gasteiger partial charge in [-0.25, -0.2) is 4.68 Å². The fourth-order valence-electron chi connectivity index (χ4n) is 2.97. The first-order valence-corrected chi connectivity index (χ1v) is 10.6. The van der Waals surface area contributed by atoms with Crippen molar-refractivity contribution in [2.75, 3.05) is 40.1 Å². The lowest BCUT2D eigenvalue weighted by Gasteiger charge is -2.32. The molecule has 0 radical (unpaired) electrons. The molecule has 168 valence electrons. The van der Waals surface area contributed by atoms with Crippen LogP contribution in [0.5, 0.6) is 0 Å². The first kappa shape index (κ1) is 24.2. The molecule has 9 heteroatoms. The molecule has 1 aromatic heterocycles. The van der Waals surface area contributed by atoms with E-state index < -0.39 is 6.10 Å². The topological polar surface area (TPSA) is 97.1 Å². The van der Waals surface area contributed by atoms with Crippen LogP contribution < -0.4 is 0 Å². The standard InChI is InChI=1S/C20H37N3O6/c1-4-16(2)7-8-26-9-10-27-11-12-28-15-17-13-23(22-21-17)14-19-18(24)5-6-20(25-3)29-19/h13,16,18-20,24H,4-12,14-15H2,1-3H3/t16?,18-,19?,20-/m0/s1. The Morgan fingerprint density at radius 2 is 1.90 bits per heavy atom. The Morgan fingerprint density at radius 1 is 1.17 bits per heavy atom. The molecule has 0 aliphatic carbocycles. The Bertz CT molecular complexity index is 544. The number of aliphatic hydroxyl groups is 1. The van der Waals surface area contributed by atoms with Crippen LogP contribution in [0.4, 0.5) is 0 Å². The minimum Gasteiger partial charge on any atom is -0.390 e. The average molecular weight is 416 g/mol. The summed E-state index contributed by atoms with van der Waals surface area (Å²) >= 11 is 0. The summed E-state index contributed by atoms with van der Waals surface area (Å²) in [6.07, 6.45) is 4.27. The van der Waals surface area contributed by atoms with Gasteiger partial charge in [0.2, 0.25) is 0 Å². The number of hydrogen-bond donors (Lipinski definition) is 1. The van der Waals surface area contributed by atoms with Gasteiger partial charge in [-0.3, -0.25) is 0 Å². The molecule has 9 nitrogen and oxygen atoms in total. The van der Waals surface area contributed by atoms with E-state index in [9.17, 15) is 5.11 Å².